The Hall–Kier alpha value is -3.43. The van der Waals surface area contributed by atoms with Crippen LogP contribution in [0.5, 0.6) is 0 Å². The van der Waals surface area contributed by atoms with Crippen LogP contribution in [0.15, 0.2) is 78.9 Å². The molecule has 0 aliphatic heterocycles. The van der Waals surface area contributed by atoms with Gasteiger partial charge in [0.1, 0.15) is 0 Å². The van der Waals surface area contributed by atoms with Crippen LogP contribution in [-0.4, -0.2) is 0 Å². The van der Waals surface area contributed by atoms with E-state index < -0.39 is 0 Å². The summed E-state index contributed by atoms with van der Waals surface area (Å²) in [6.45, 7) is 2.40. The highest BCUT2D eigenvalue weighted by molar-refractivity contribution is 14.1. The van der Waals surface area contributed by atoms with Crippen molar-refractivity contribution < 1.29 is 0 Å². The fourth-order valence-electron chi connectivity index (χ4n) is 7.73. The first-order valence-corrected chi connectivity index (χ1v) is 14.8. The second-order valence-corrected chi connectivity index (χ2v) is 11.5. The lowest BCUT2D eigenvalue weighted by Gasteiger charge is -2.26. The molecule has 1 aliphatic carbocycles. The molecule has 0 saturated carbocycles. The third-order valence-electron chi connectivity index (χ3n) is 9.18. The Balaban J connectivity index is 1.77. The molecule has 1 heteroatoms. The Morgan fingerprint density at radius 1 is 0.568 bits per heavy atom. The SMILES string of the molecule is Cc1c2c(c3ccc4c5ccccc5c5ccc6c7ccccc7c(CI)c7c1c3c4c5c67)C=CCC2. The van der Waals surface area contributed by atoms with Crippen LogP contribution in [0.4, 0.5) is 0 Å². The molecule has 0 fully saturated rings. The van der Waals surface area contributed by atoms with Gasteiger partial charge in [0.25, 0.3) is 0 Å². The Morgan fingerprint density at radius 3 is 1.70 bits per heavy atom. The van der Waals surface area contributed by atoms with Gasteiger partial charge >= 0.3 is 0 Å². The van der Waals surface area contributed by atoms with Crippen LogP contribution < -0.4 is 0 Å². The second kappa shape index (κ2) is 7.11. The molecule has 0 radical (unpaired) electrons. The van der Waals surface area contributed by atoms with E-state index in [-0.39, 0.29) is 0 Å². The van der Waals surface area contributed by atoms with Gasteiger partial charge < -0.3 is 0 Å². The third kappa shape index (κ3) is 2.36. The van der Waals surface area contributed by atoms with Crippen molar-refractivity contribution >= 4 is 104 Å². The maximum Gasteiger partial charge on any atom is 0.0259 e. The van der Waals surface area contributed by atoms with Crippen molar-refractivity contribution in [2.24, 2.45) is 0 Å². The van der Waals surface area contributed by atoms with Gasteiger partial charge in [-0.15, -0.1) is 0 Å². The molecule has 8 aromatic rings. The standard InChI is InChI=1S/C36H23I/c1-19-20-8-2-3-9-21(20)26-14-15-27-22-10-4-5-11-23(22)28-16-17-29-24-12-6-7-13-25(24)30(18-37)36-31(19)32(26)33(27)34(28)35(29)36/h3-7,9-17H,2,8,18H2,1H3. The monoisotopic (exact) mass is 582 g/mol. The Bertz CT molecular complexity index is 2280. The first-order valence-electron chi connectivity index (χ1n) is 13.2. The number of allylic oxidation sites excluding steroid dienone is 1. The summed E-state index contributed by atoms with van der Waals surface area (Å²) in [5.74, 6) is 0. The molecule has 0 heterocycles. The molecule has 9 rings (SSSR count). The van der Waals surface area contributed by atoms with E-state index in [0.717, 1.165) is 17.3 Å². The molecule has 0 saturated heterocycles. The van der Waals surface area contributed by atoms with E-state index in [1.54, 1.807) is 5.56 Å². The van der Waals surface area contributed by atoms with Crippen molar-refractivity contribution in [3.05, 3.63) is 101 Å². The summed E-state index contributed by atoms with van der Waals surface area (Å²) in [5, 5.41) is 19.9. The van der Waals surface area contributed by atoms with Crippen molar-refractivity contribution in [1.82, 2.24) is 0 Å². The van der Waals surface area contributed by atoms with E-state index in [0.29, 0.717) is 0 Å². The zero-order valence-corrected chi connectivity index (χ0v) is 22.7. The zero-order valence-electron chi connectivity index (χ0n) is 20.6. The molecular formula is C36H23I. The van der Waals surface area contributed by atoms with E-state index in [9.17, 15) is 0 Å². The fourth-order valence-corrected chi connectivity index (χ4v) is 8.53. The van der Waals surface area contributed by atoms with Gasteiger partial charge in [-0.2, -0.15) is 0 Å². The van der Waals surface area contributed by atoms with Gasteiger partial charge in [-0.1, -0.05) is 108 Å². The predicted octanol–water partition coefficient (Wildman–Crippen LogP) is 10.8. The number of aryl methyl sites for hydroxylation is 1. The normalized spacial score (nSPS) is 14.0. The number of hydrogen-bond donors (Lipinski definition) is 0. The number of halogens is 1. The number of benzene rings is 8. The largest absolute Gasteiger partial charge is 0.0836 e. The van der Waals surface area contributed by atoms with E-state index in [1.165, 1.54) is 92.1 Å². The average molecular weight is 582 g/mol. The van der Waals surface area contributed by atoms with E-state index in [4.69, 9.17) is 0 Å². The van der Waals surface area contributed by atoms with Gasteiger partial charge in [-0.25, -0.2) is 0 Å². The van der Waals surface area contributed by atoms with E-state index in [1.807, 2.05) is 0 Å². The topological polar surface area (TPSA) is 0 Å². The second-order valence-electron chi connectivity index (χ2n) is 10.7. The van der Waals surface area contributed by atoms with Gasteiger partial charge in [-0.3, -0.25) is 0 Å². The van der Waals surface area contributed by atoms with Crippen LogP contribution in [0.2, 0.25) is 0 Å². The Labute approximate surface area is 228 Å². The smallest absolute Gasteiger partial charge is 0.0259 e. The van der Waals surface area contributed by atoms with E-state index in [2.05, 4.69) is 114 Å². The van der Waals surface area contributed by atoms with Gasteiger partial charge in [0.2, 0.25) is 0 Å². The van der Waals surface area contributed by atoms with Crippen LogP contribution in [0.25, 0.3) is 81.5 Å². The maximum atomic E-state index is 2.60. The molecule has 8 aromatic carbocycles. The summed E-state index contributed by atoms with van der Waals surface area (Å²) >= 11 is 2.60. The molecule has 0 atom stereocenters. The quantitative estimate of drug-likeness (QED) is 0.0782. The number of alkyl halides is 1. The first kappa shape index (κ1) is 20.6. The maximum absolute atomic E-state index is 2.60. The minimum absolute atomic E-state index is 0.997. The minimum Gasteiger partial charge on any atom is -0.0836 e. The summed E-state index contributed by atoms with van der Waals surface area (Å²) in [6.07, 6.45) is 7.02. The summed E-state index contributed by atoms with van der Waals surface area (Å²) in [5.41, 5.74) is 5.96. The molecule has 1 aliphatic rings. The molecule has 174 valence electrons. The van der Waals surface area contributed by atoms with Crippen molar-refractivity contribution in [3.63, 3.8) is 0 Å². The zero-order chi connectivity index (χ0) is 24.4. The first-order chi connectivity index (χ1) is 18.3. The van der Waals surface area contributed by atoms with E-state index >= 15 is 0 Å². The van der Waals surface area contributed by atoms with Crippen LogP contribution in [-0.2, 0) is 10.8 Å². The lowest BCUT2D eigenvalue weighted by Crippen LogP contribution is -2.03. The molecule has 0 nitrogen and oxygen atoms in total. The molecular weight excluding hydrogens is 559 g/mol. The Kier molecular flexibility index (Phi) is 3.96. The lowest BCUT2D eigenvalue weighted by molar-refractivity contribution is 0.979. The molecule has 0 spiro atoms. The molecule has 0 N–H and O–H groups in total. The highest BCUT2D eigenvalue weighted by Gasteiger charge is 2.26. The summed E-state index contributed by atoms with van der Waals surface area (Å²) in [4.78, 5) is 0. The fraction of sp³-hybridized carbons (Fsp3) is 0.111. The van der Waals surface area contributed by atoms with Crippen LogP contribution >= 0.6 is 22.6 Å². The Morgan fingerprint density at radius 2 is 1.08 bits per heavy atom. The van der Waals surface area contributed by atoms with Crippen LogP contribution in [0.1, 0.15) is 28.7 Å². The van der Waals surface area contributed by atoms with Crippen molar-refractivity contribution in [1.29, 1.82) is 0 Å². The van der Waals surface area contributed by atoms with Crippen molar-refractivity contribution in [3.8, 4) is 0 Å². The molecule has 37 heavy (non-hydrogen) atoms. The minimum atomic E-state index is 0.997. The summed E-state index contributed by atoms with van der Waals surface area (Å²) in [6, 6.07) is 27.7. The van der Waals surface area contributed by atoms with Crippen molar-refractivity contribution in [2.75, 3.05) is 0 Å². The third-order valence-corrected chi connectivity index (χ3v) is 9.95. The highest BCUT2D eigenvalue weighted by Crippen LogP contribution is 2.53. The average Bonchev–Trinajstić information content (AvgIpc) is 2.96. The summed E-state index contributed by atoms with van der Waals surface area (Å²) < 4.78 is 0.997. The van der Waals surface area contributed by atoms with Gasteiger partial charge in [-0.05, 0) is 117 Å². The summed E-state index contributed by atoms with van der Waals surface area (Å²) in [7, 11) is 0. The van der Waals surface area contributed by atoms with Gasteiger partial charge in [0.15, 0.2) is 0 Å². The number of hydrogen-bond acceptors (Lipinski definition) is 0. The lowest BCUT2D eigenvalue weighted by atomic mass is 9.77. The van der Waals surface area contributed by atoms with Crippen LogP contribution in [0.3, 0.4) is 0 Å². The number of rotatable bonds is 1. The molecule has 0 aromatic heterocycles. The molecule has 0 bridgehead atoms. The van der Waals surface area contributed by atoms with Crippen LogP contribution in [0, 0.1) is 6.92 Å². The number of fused-ring (bicyclic) bond motifs is 8. The van der Waals surface area contributed by atoms with Gasteiger partial charge in [0.05, 0.1) is 0 Å². The molecule has 0 unspecified atom stereocenters. The van der Waals surface area contributed by atoms with Gasteiger partial charge in [0, 0.05) is 4.43 Å². The molecule has 0 amide bonds. The predicted molar refractivity (Wildman–Crippen MR) is 171 cm³/mol. The highest BCUT2D eigenvalue weighted by atomic mass is 127. The van der Waals surface area contributed by atoms with Crippen molar-refractivity contribution in [2.45, 2.75) is 24.2 Å².